The van der Waals surface area contributed by atoms with Gasteiger partial charge in [0.05, 0.1) is 14.2 Å². The third-order valence-corrected chi connectivity index (χ3v) is 1.62. The van der Waals surface area contributed by atoms with Gasteiger partial charge in [-0.15, -0.1) is 0 Å². The van der Waals surface area contributed by atoms with E-state index in [1.165, 1.54) is 13.2 Å². The SMILES string of the molecule is [CH2]c1c(OC)ccc(O)c1OC. The van der Waals surface area contributed by atoms with Crippen LogP contribution in [-0.4, -0.2) is 19.3 Å². The van der Waals surface area contributed by atoms with Crippen molar-refractivity contribution < 1.29 is 14.6 Å². The van der Waals surface area contributed by atoms with Gasteiger partial charge in [-0.3, -0.25) is 0 Å². The van der Waals surface area contributed by atoms with Gasteiger partial charge in [-0.05, 0) is 19.1 Å². The Morgan fingerprint density at radius 2 is 1.92 bits per heavy atom. The minimum absolute atomic E-state index is 0.0725. The van der Waals surface area contributed by atoms with Gasteiger partial charge in [0.15, 0.2) is 11.5 Å². The first-order valence-electron chi connectivity index (χ1n) is 3.46. The molecule has 0 amide bonds. The van der Waals surface area contributed by atoms with E-state index in [-0.39, 0.29) is 5.75 Å². The molecular formula is C9H11O3. The number of ether oxygens (including phenoxy) is 2. The van der Waals surface area contributed by atoms with Crippen molar-refractivity contribution in [2.45, 2.75) is 0 Å². The molecule has 0 aromatic heterocycles. The van der Waals surface area contributed by atoms with Crippen LogP contribution < -0.4 is 9.47 Å². The standard InChI is InChI=1S/C9H11O3/c1-6-8(11-2)5-4-7(10)9(6)12-3/h4-5,10H,1H2,2-3H3. The first kappa shape index (κ1) is 8.71. The topological polar surface area (TPSA) is 38.7 Å². The predicted octanol–water partition coefficient (Wildman–Crippen LogP) is 1.59. The van der Waals surface area contributed by atoms with Gasteiger partial charge < -0.3 is 14.6 Å². The second-order valence-electron chi connectivity index (χ2n) is 2.30. The summed E-state index contributed by atoms with van der Waals surface area (Å²) in [5.41, 5.74) is 0.556. The fraction of sp³-hybridized carbons (Fsp3) is 0.222. The number of methoxy groups -OCH3 is 2. The van der Waals surface area contributed by atoms with Crippen LogP contribution in [0.2, 0.25) is 0 Å². The Hall–Kier alpha value is -1.38. The molecule has 3 heteroatoms. The van der Waals surface area contributed by atoms with Crippen molar-refractivity contribution in [1.29, 1.82) is 0 Å². The molecule has 0 fully saturated rings. The van der Waals surface area contributed by atoms with E-state index >= 15 is 0 Å². The number of benzene rings is 1. The minimum Gasteiger partial charge on any atom is -0.504 e. The number of hydrogen-bond acceptors (Lipinski definition) is 3. The molecule has 1 aromatic rings. The van der Waals surface area contributed by atoms with Crippen LogP contribution in [-0.2, 0) is 0 Å². The molecule has 1 radical (unpaired) electrons. The summed E-state index contributed by atoms with van der Waals surface area (Å²) < 4.78 is 9.91. The molecule has 0 heterocycles. The van der Waals surface area contributed by atoms with Crippen LogP contribution >= 0.6 is 0 Å². The van der Waals surface area contributed by atoms with E-state index in [0.717, 1.165) is 0 Å². The van der Waals surface area contributed by atoms with Crippen LogP contribution in [0.1, 0.15) is 5.56 Å². The molecule has 0 aliphatic carbocycles. The van der Waals surface area contributed by atoms with Crippen molar-refractivity contribution in [2.75, 3.05) is 14.2 Å². The lowest BCUT2D eigenvalue weighted by Crippen LogP contribution is -1.92. The lowest BCUT2D eigenvalue weighted by atomic mass is 10.2. The lowest BCUT2D eigenvalue weighted by molar-refractivity contribution is 0.362. The van der Waals surface area contributed by atoms with Gasteiger partial charge in [-0.2, -0.15) is 0 Å². The smallest absolute Gasteiger partial charge is 0.167 e. The largest absolute Gasteiger partial charge is 0.504 e. The zero-order valence-electron chi connectivity index (χ0n) is 7.13. The molecule has 12 heavy (non-hydrogen) atoms. The summed E-state index contributed by atoms with van der Waals surface area (Å²) in [7, 11) is 3.02. The number of rotatable bonds is 2. The second-order valence-corrected chi connectivity index (χ2v) is 2.30. The summed E-state index contributed by atoms with van der Waals surface area (Å²) in [5.74, 6) is 1.03. The fourth-order valence-electron chi connectivity index (χ4n) is 1.02. The van der Waals surface area contributed by atoms with Gasteiger partial charge in [-0.1, -0.05) is 0 Å². The molecule has 1 N–H and O–H groups in total. The molecule has 0 spiro atoms. The number of phenols is 1. The Labute approximate surface area is 71.5 Å². The molecule has 0 bridgehead atoms. The van der Waals surface area contributed by atoms with Crippen LogP contribution in [0.4, 0.5) is 0 Å². The van der Waals surface area contributed by atoms with Gasteiger partial charge >= 0.3 is 0 Å². The summed E-state index contributed by atoms with van der Waals surface area (Å²) in [4.78, 5) is 0. The first-order chi connectivity index (χ1) is 5.70. The van der Waals surface area contributed by atoms with Crippen LogP contribution in [0.15, 0.2) is 12.1 Å². The van der Waals surface area contributed by atoms with Crippen molar-refractivity contribution in [3.63, 3.8) is 0 Å². The van der Waals surface area contributed by atoms with Gasteiger partial charge in [0.2, 0.25) is 0 Å². The molecular weight excluding hydrogens is 156 g/mol. The quantitative estimate of drug-likeness (QED) is 0.727. The maximum Gasteiger partial charge on any atom is 0.167 e. The third kappa shape index (κ3) is 1.30. The minimum atomic E-state index is 0.0725. The Morgan fingerprint density at radius 1 is 1.25 bits per heavy atom. The first-order valence-corrected chi connectivity index (χ1v) is 3.46. The number of aromatic hydroxyl groups is 1. The Kier molecular flexibility index (Phi) is 2.43. The number of phenolic OH excluding ortho intramolecular Hbond substituents is 1. The molecule has 1 rings (SSSR count). The van der Waals surface area contributed by atoms with Crippen molar-refractivity contribution in [1.82, 2.24) is 0 Å². The highest BCUT2D eigenvalue weighted by Gasteiger charge is 2.09. The molecule has 1 aromatic carbocycles. The summed E-state index contributed by atoms with van der Waals surface area (Å²) in [6.07, 6.45) is 0. The third-order valence-electron chi connectivity index (χ3n) is 1.62. The predicted molar refractivity (Wildman–Crippen MR) is 45.7 cm³/mol. The lowest BCUT2D eigenvalue weighted by Gasteiger charge is -2.10. The highest BCUT2D eigenvalue weighted by Crippen LogP contribution is 2.35. The Bertz CT molecular complexity index is 281. The van der Waals surface area contributed by atoms with E-state index < -0.39 is 0 Å². The van der Waals surface area contributed by atoms with E-state index in [4.69, 9.17) is 9.47 Å². The normalized spacial score (nSPS) is 9.58. The van der Waals surface area contributed by atoms with Gasteiger partial charge in [0.1, 0.15) is 5.75 Å². The van der Waals surface area contributed by atoms with Crippen LogP contribution in [0, 0.1) is 6.92 Å². The number of hydrogen-bond donors (Lipinski definition) is 1. The monoisotopic (exact) mass is 167 g/mol. The Morgan fingerprint density at radius 3 is 2.42 bits per heavy atom. The van der Waals surface area contributed by atoms with Gasteiger partial charge in [0.25, 0.3) is 0 Å². The second kappa shape index (κ2) is 3.34. The average molecular weight is 167 g/mol. The molecule has 0 aliphatic rings. The van der Waals surface area contributed by atoms with E-state index in [1.54, 1.807) is 13.2 Å². The highest BCUT2D eigenvalue weighted by atomic mass is 16.5. The summed E-state index contributed by atoms with van der Waals surface area (Å²) in [6.45, 7) is 3.71. The van der Waals surface area contributed by atoms with Crippen molar-refractivity contribution in [2.24, 2.45) is 0 Å². The summed E-state index contributed by atoms with van der Waals surface area (Å²) in [5, 5.41) is 9.29. The van der Waals surface area contributed by atoms with Crippen molar-refractivity contribution in [3.05, 3.63) is 24.6 Å². The van der Waals surface area contributed by atoms with Crippen LogP contribution in [0.3, 0.4) is 0 Å². The fourth-order valence-corrected chi connectivity index (χ4v) is 1.02. The molecule has 0 atom stereocenters. The van der Waals surface area contributed by atoms with Crippen molar-refractivity contribution >= 4 is 0 Å². The maximum atomic E-state index is 9.29. The van der Waals surface area contributed by atoms with E-state index in [0.29, 0.717) is 17.1 Å². The Balaban J connectivity index is 3.24. The zero-order chi connectivity index (χ0) is 9.14. The maximum absolute atomic E-state index is 9.29. The van der Waals surface area contributed by atoms with Gasteiger partial charge in [-0.25, -0.2) is 0 Å². The molecule has 0 unspecified atom stereocenters. The highest BCUT2D eigenvalue weighted by molar-refractivity contribution is 5.54. The van der Waals surface area contributed by atoms with E-state index in [1.807, 2.05) is 0 Å². The molecule has 0 saturated heterocycles. The summed E-state index contributed by atoms with van der Waals surface area (Å²) >= 11 is 0. The van der Waals surface area contributed by atoms with Crippen LogP contribution in [0.5, 0.6) is 17.2 Å². The average Bonchev–Trinajstić information content (AvgIpc) is 2.06. The van der Waals surface area contributed by atoms with E-state index in [9.17, 15) is 5.11 Å². The van der Waals surface area contributed by atoms with Gasteiger partial charge in [0, 0.05) is 5.56 Å². The molecule has 65 valence electrons. The van der Waals surface area contributed by atoms with Crippen molar-refractivity contribution in [3.8, 4) is 17.2 Å². The molecule has 0 aliphatic heterocycles. The molecule has 0 saturated carbocycles. The summed E-state index contributed by atoms with van der Waals surface area (Å²) in [6, 6.07) is 3.15. The molecule has 3 nitrogen and oxygen atoms in total. The van der Waals surface area contributed by atoms with E-state index in [2.05, 4.69) is 6.92 Å². The van der Waals surface area contributed by atoms with Crippen LogP contribution in [0.25, 0.3) is 0 Å². The zero-order valence-corrected chi connectivity index (χ0v) is 7.13.